The molecule has 1 aliphatic heterocycles. The van der Waals surface area contributed by atoms with Gasteiger partial charge in [0.1, 0.15) is 0 Å². The highest BCUT2D eigenvalue weighted by Crippen LogP contribution is 2.28. The summed E-state index contributed by atoms with van der Waals surface area (Å²) in [4.78, 5) is 28.8. The molecule has 3 rings (SSSR count). The van der Waals surface area contributed by atoms with Gasteiger partial charge in [0.2, 0.25) is 0 Å². The number of hydrogen-bond acceptors (Lipinski definition) is 4. The quantitative estimate of drug-likeness (QED) is 0.721. The van der Waals surface area contributed by atoms with Gasteiger partial charge in [-0.15, -0.1) is 0 Å². The van der Waals surface area contributed by atoms with E-state index in [-0.39, 0.29) is 12.1 Å². The Kier molecular flexibility index (Phi) is 7.11. The Balaban J connectivity index is 1.78. The van der Waals surface area contributed by atoms with Crippen LogP contribution < -0.4 is 15.5 Å². The number of carbonyl (C=O) groups excluding carboxylic acids is 2. The average Bonchev–Trinajstić information content (AvgIpc) is 2.73. The van der Waals surface area contributed by atoms with Gasteiger partial charge in [-0.25, -0.2) is 0 Å². The molecule has 2 N–H and O–H groups in total. The Morgan fingerprint density at radius 3 is 2.30 bits per heavy atom. The normalized spacial score (nSPS) is 14.7. The van der Waals surface area contributed by atoms with Crippen molar-refractivity contribution in [2.45, 2.75) is 38.9 Å². The first-order valence-electron chi connectivity index (χ1n) is 10.5. The molecule has 0 fully saturated rings. The second kappa shape index (κ2) is 9.76. The van der Waals surface area contributed by atoms with E-state index in [2.05, 4.69) is 69.0 Å². The lowest BCUT2D eigenvalue weighted by atomic mass is 9.96. The number of anilines is 1. The minimum absolute atomic E-state index is 0.00892. The fraction of sp³-hybridized carbons (Fsp3) is 0.417. The molecule has 0 saturated heterocycles. The third-order valence-corrected chi connectivity index (χ3v) is 5.48. The van der Waals surface area contributed by atoms with Crippen LogP contribution in [0, 0.1) is 0 Å². The summed E-state index contributed by atoms with van der Waals surface area (Å²) in [6.45, 7) is 5.79. The van der Waals surface area contributed by atoms with Gasteiger partial charge in [-0.05, 0) is 49.1 Å². The van der Waals surface area contributed by atoms with Crippen LogP contribution in [0.1, 0.15) is 36.6 Å². The number of rotatable bonds is 6. The van der Waals surface area contributed by atoms with Gasteiger partial charge < -0.3 is 15.5 Å². The topological polar surface area (TPSA) is 64.7 Å². The standard InChI is InChI=1S/C24H32N4O2/c1-17(2)26-24(30)23(29)25-15-22(19-9-11-21(12-10-19)27(3)4)28-14-13-18-7-5-6-8-20(18)16-28/h5-12,17,22H,13-16H2,1-4H3,(H,25,29)(H,26,30). The number of carbonyl (C=O) groups is 2. The molecule has 0 aromatic heterocycles. The molecule has 1 aliphatic rings. The van der Waals surface area contributed by atoms with Gasteiger partial charge in [0.05, 0.1) is 6.04 Å². The van der Waals surface area contributed by atoms with Gasteiger partial charge >= 0.3 is 11.8 Å². The molecule has 1 heterocycles. The van der Waals surface area contributed by atoms with E-state index in [1.807, 2.05) is 27.9 Å². The predicted octanol–water partition coefficient (Wildman–Crippen LogP) is 2.49. The summed E-state index contributed by atoms with van der Waals surface area (Å²) in [5.74, 6) is -1.17. The highest BCUT2D eigenvalue weighted by Gasteiger charge is 2.26. The molecular formula is C24H32N4O2. The first-order chi connectivity index (χ1) is 14.3. The van der Waals surface area contributed by atoms with Crippen molar-refractivity contribution >= 4 is 17.5 Å². The highest BCUT2D eigenvalue weighted by atomic mass is 16.2. The minimum atomic E-state index is -0.587. The maximum atomic E-state index is 12.3. The fourth-order valence-electron chi connectivity index (χ4n) is 3.83. The molecule has 6 nitrogen and oxygen atoms in total. The maximum Gasteiger partial charge on any atom is 0.309 e. The van der Waals surface area contributed by atoms with Crippen LogP contribution >= 0.6 is 0 Å². The van der Waals surface area contributed by atoms with E-state index >= 15 is 0 Å². The Labute approximate surface area is 179 Å². The molecule has 0 radical (unpaired) electrons. The number of nitrogens with zero attached hydrogens (tertiary/aromatic N) is 2. The number of benzene rings is 2. The van der Waals surface area contributed by atoms with Crippen LogP contribution in [0.25, 0.3) is 0 Å². The summed E-state index contributed by atoms with van der Waals surface area (Å²) >= 11 is 0. The van der Waals surface area contributed by atoms with Crippen LogP contribution in [0.2, 0.25) is 0 Å². The van der Waals surface area contributed by atoms with Gasteiger partial charge in [0.25, 0.3) is 0 Å². The molecule has 1 atom stereocenters. The van der Waals surface area contributed by atoms with Crippen LogP contribution in [-0.4, -0.2) is 49.9 Å². The molecule has 0 spiro atoms. The van der Waals surface area contributed by atoms with Crippen molar-refractivity contribution in [2.24, 2.45) is 0 Å². The molecule has 2 amide bonds. The van der Waals surface area contributed by atoms with Crippen molar-refractivity contribution in [3.8, 4) is 0 Å². The van der Waals surface area contributed by atoms with Crippen LogP contribution in [0.4, 0.5) is 5.69 Å². The van der Waals surface area contributed by atoms with Crippen molar-refractivity contribution in [1.29, 1.82) is 0 Å². The summed E-state index contributed by atoms with van der Waals surface area (Å²) in [7, 11) is 4.03. The molecule has 160 valence electrons. The van der Waals surface area contributed by atoms with Crippen LogP contribution in [0.15, 0.2) is 48.5 Å². The monoisotopic (exact) mass is 408 g/mol. The van der Waals surface area contributed by atoms with E-state index in [0.717, 1.165) is 30.8 Å². The molecule has 0 saturated carbocycles. The van der Waals surface area contributed by atoms with Crippen molar-refractivity contribution in [3.63, 3.8) is 0 Å². The van der Waals surface area contributed by atoms with Crippen molar-refractivity contribution in [1.82, 2.24) is 15.5 Å². The molecule has 6 heteroatoms. The Morgan fingerprint density at radius 1 is 1.00 bits per heavy atom. The molecule has 0 bridgehead atoms. The number of amides is 2. The lowest BCUT2D eigenvalue weighted by Gasteiger charge is -2.36. The third-order valence-electron chi connectivity index (χ3n) is 5.48. The lowest BCUT2D eigenvalue weighted by Crippen LogP contribution is -2.46. The summed E-state index contributed by atoms with van der Waals surface area (Å²) in [5.41, 5.74) is 4.96. The Hall–Kier alpha value is -2.86. The van der Waals surface area contributed by atoms with E-state index in [1.165, 1.54) is 11.1 Å². The van der Waals surface area contributed by atoms with E-state index in [9.17, 15) is 9.59 Å². The highest BCUT2D eigenvalue weighted by molar-refractivity contribution is 6.35. The van der Waals surface area contributed by atoms with Crippen molar-refractivity contribution in [2.75, 3.05) is 32.1 Å². The predicted molar refractivity (Wildman–Crippen MR) is 120 cm³/mol. The zero-order valence-electron chi connectivity index (χ0n) is 18.3. The minimum Gasteiger partial charge on any atom is -0.378 e. The second-order valence-corrected chi connectivity index (χ2v) is 8.33. The summed E-state index contributed by atoms with van der Waals surface area (Å²) in [6, 6.07) is 16.8. The summed E-state index contributed by atoms with van der Waals surface area (Å²) in [5, 5.41) is 5.49. The number of nitrogens with one attached hydrogen (secondary N) is 2. The van der Waals surface area contributed by atoms with Gasteiger partial charge in [-0.2, -0.15) is 0 Å². The molecule has 30 heavy (non-hydrogen) atoms. The molecule has 2 aromatic carbocycles. The van der Waals surface area contributed by atoms with Crippen LogP contribution in [-0.2, 0) is 22.6 Å². The molecule has 2 aromatic rings. The largest absolute Gasteiger partial charge is 0.378 e. The number of fused-ring (bicyclic) bond motifs is 1. The average molecular weight is 409 g/mol. The number of hydrogen-bond donors (Lipinski definition) is 2. The van der Waals surface area contributed by atoms with Gasteiger partial charge in [0.15, 0.2) is 0 Å². The van der Waals surface area contributed by atoms with Gasteiger partial charge in [-0.3, -0.25) is 14.5 Å². The molecule has 0 aliphatic carbocycles. The zero-order chi connectivity index (χ0) is 21.7. The van der Waals surface area contributed by atoms with Crippen molar-refractivity contribution < 1.29 is 9.59 Å². The van der Waals surface area contributed by atoms with E-state index in [0.29, 0.717) is 6.54 Å². The van der Waals surface area contributed by atoms with Gasteiger partial charge in [0, 0.05) is 45.5 Å². The van der Waals surface area contributed by atoms with Gasteiger partial charge in [-0.1, -0.05) is 36.4 Å². The lowest BCUT2D eigenvalue weighted by molar-refractivity contribution is -0.139. The van der Waals surface area contributed by atoms with Crippen LogP contribution in [0.3, 0.4) is 0 Å². The van der Waals surface area contributed by atoms with E-state index in [1.54, 1.807) is 0 Å². The van der Waals surface area contributed by atoms with Crippen molar-refractivity contribution in [3.05, 3.63) is 65.2 Å². The molecular weight excluding hydrogens is 376 g/mol. The first-order valence-corrected chi connectivity index (χ1v) is 10.5. The summed E-state index contributed by atoms with van der Waals surface area (Å²) < 4.78 is 0. The Bertz CT molecular complexity index is 877. The zero-order valence-corrected chi connectivity index (χ0v) is 18.3. The smallest absolute Gasteiger partial charge is 0.309 e. The van der Waals surface area contributed by atoms with E-state index < -0.39 is 11.8 Å². The van der Waals surface area contributed by atoms with Crippen LogP contribution in [0.5, 0.6) is 0 Å². The SMILES string of the molecule is CC(C)NC(=O)C(=O)NCC(c1ccc(N(C)C)cc1)N1CCc2ccccc2C1. The van der Waals surface area contributed by atoms with E-state index in [4.69, 9.17) is 0 Å². The maximum absolute atomic E-state index is 12.3. The third kappa shape index (κ3) is 5.39. The second-order valence-electron chi connectivity index (χ2n) is 8.33. The first kappa shape index (κ1) is 21.8. The fourth-order valence-corrected chi connectivity index (χ4v) is 3.83. The summed E-state index contributed by atoms with van der Waals surface area (Å²) in [6.07, 6.45) is 0.976. The Morgan fingerprint density at radius 2 is 1.67 bits per heavy atom. The molecule has 1 unspecified atom stereocenters.